The maximum Gasteiger partial charge on any atom is 0.228 e. The third kappa shape index (κ3) is 3.16. The minimum Gasteiger partial charge on any atom is -0.497 e. The number of aromatic amines is 1. The second-order valence-electron chi connectivity index (χ2n) is 5.14. The van der Waals surface area contributed by atoms with Crippen molar-refractivity contribution in [2.24, 2.45) is 0 Å². The molecule has 0 spiro atoms. The Morgan fingerprint density at radius 2 is 2.17 bits per heavy atom. The molecule has 1 amide bonds. The number of aromatic nitrogens is 1. The number of nitrogens with one attached hydrogen (secondary N) is 2. The van der Waals surface area contributed by atoms with Crippen LogP contribution in [0.5, 0.6) is 5.75 Å². The molecular formula is C18H15N3O2. The summed E-state index contributed by atoms with van der Waals surface area (Å²) in [5.41, 5.74) is 2.99. The number of nitriles is 1. The van der Waals surface area contributed by atoms with Crippen molar-refractivity contribution >= 4 is 22.5 Å². The lowest BCUT2D eigenvalue weighted by atomic mass is 10.1. The molecule has 3 aromatic rings. The van der Waals surface area contributed by atoms with E-state index in [4.69, 9.17) is 10.00 Å². The molecule has 0 fully saturated rings. The molecule has 2 aromatic carbocycles. The predicted molar refractivity (Wildman–Crippen MR) is 88.3 cm³/mol. The molecule has 5 nitrogen and oxygen atoms in total. The van der Waals surface area contributed by atoms with Crippen LogP contribution in [0.1, 0.15) is 11.1 Å². The molecule has 0 bridgehead atoms. The minimum atomic E-state index is -0.135. The van der Waals surface area contributed by atoms with Crippen molar-refractivity contribution in [1.29, 1.82) is 5.26 Å². The second-order valence-corrected chi connectivity index (χ2v) is 5.14. The molecule has 114 valence electrons. The van der Waals surface area contributed by atoms with E-state index in [1.807, 2.05) is 24.4 Å². The van der Waals surface area contributed by atoms with Crippen LogP contribution in [-0.4, -0.2) is 18.0 Å². The Balaban J connectivity index is 1.78. The van der Waals surface area contributed by atoms with E-state index < -0.39 is 0 Å². The average Bonchev–Trinajstić information content (AvgIpc) is 2.97. The van der Waals surface area contributed by atoms with Gasteiger partial charge in [0.1, 0.15) is 5.75 Å². The Morgan fingerprint density at radius 3 is 2.96 bits per heavy atom. The van der Waals surface area contributed by atoms with Crippen molar-refractivity contribution in [3.05, 3.63) is 59.8 Å². The van der Waals surface area contributed by atoms with Gasteiger partial charge in [-0.25, -0.2) is 0 Å². The lowest BCUT2D eigenvalue weighted by Crippen LogP contribution is -2.14. The van der Waals surface area contributed by atoms with E-state index >= 15 is 0 Å². The highest BCUT2D eigenvalue weighted by atomic mass is 16.5. The van der Waals surface area contributed by atoms with Gasteiger partial charge in [-0.3, -0.25) is 4.79 Å². The van der Waals surface area contributed by atoms with E-state index in [0.29, 0.717) is 11.3 Å². The first kappa shape index (κ1) is 14.7. The van der Waals surface area contributed by atoms with Crippen LogP contribution in [-0.2, 0) is 11.2 Å². The molecule has 0 aliphatic heterocycles. The van der Waals surface area contributed by atoms with Gasteiger partial charge in [-0.05, 0) is 42.0 Å². The fourth-order valence-corrected chi connectivity index (χ4v) is 2.48. The van der Waals surface area contributed by atoms with Gasteiger partial charge in [-0.15, -0.1) is 0 Å². The van der Waals surface area contributed by atoms with E-state index in [0.717, 1.165) is 22.2 Å². The van der Waals surface area contributed by atoms with Gasteiger partial charge in [-0.2, -0.15) is 5.26 Å². The molecule has 0 saturated carbocycles. The molecule has 0 radical (unpaired) electrons. The lowest BCUT2D eigenvalue weighted by molar-refractivity contribution is -0.115. The number of benzene rings is 2. The number of hydrogen-bond acceptors (Lipinski definition) is 3. The number of hydrogen-bond donors (Lipinski definition) is 2. The van der Waals surface area contributed by atoms with Crippen molar-refractivity contribution in [1.82, 2.24) is 4.98 Å². The number of ether oxygens (including phenoxy) is 1. The molecule has 0 saturated heterocycles. The first-order valence-electron chi connectivity index (χ1n) is 7.13. The number of rotatable bonds is 4. The molecule has 0 unspecified atom stereocenters. The van der Waals surface area contributed by atoms with Gasteiger partial charge in [0, 0.05) is 22.8 Å². The zero-order valence-corrected chi connectivity index (χ0v) is 12.6. The van der Waals surface area contributed by atoms with Gasteiger partial charge in [0.25, 0.3) is 0 Å². The van der Waals surface area contributed by atoms with Gasteiger partial charge in [0.05, 0.1) is 25.2 Å². The van der Waals surface area contributed by atoms with E-state index in [2.05, 4.69) is 16.4 Å². The summed E-state index contributed by atoms with van der Waals surface area (Å²) in [6, 6.07) is 14.6. The van der Waals surface area contributed by atoms with E-state index in [1.165, 1.54) is 0 Å². The number of anilines is 1. The first-order valence-corrected chi connectivity index (χ1v) is 7.13. The number of fused-ring (bicyclic) bond motifs is 1. The molecule has 2 N–H and O–H groups in total. The number of amides is 1. The summed E-state index contributed by atoms with van der Waals surface area (Å²) in [6.45, 7) is 0. The Bertz CT molecular complexity index is 906. The van der Waals surface area contributed by atoms with Crippen LogP contribution >= 0.6 is 0 Å². The quantitative estimate of drug-likeness (QED) is 0.776. The third-order valence-electron chi connectivity index (χ3n) is 3.60. The lowest BCUT2D eigenvalue weighted by Gasteiger charge is -2.05. The van der Waals surface area contributed by atoms with Gasteiger partial charge in [-0.1, -0.05) is 6.07 Å². The van der Waals surface area contributed by atoms with Gasteiger partial charge in [0.15, 0.2) is 0 Å². The summed E-state index contributed by atoms with van der Waals surface area (Å²) in [7, 11) is 1.61. The van der Waals surface area contributed by atoms with Crippen molar-refractivity contribution in [2.45, 2.75) is 6.42 Å². The highest BCUT2D eigenvalue weighted by Gasteiger charge is 2.10. The van der Waals surface area contributed by atoms with Crippen molar-refractivity contribution in [3.63, 3.8) is 0 Å². The van der Waals surface area contributed by atoms with Crippen LogP contribution in [0.3, 0.4) is 0 Å². The molecule has 1 heterocycles. The average molecular weight is 305 g/mol. The van der Waals surface area contributed by atoms with Crippen LogP contribution in [0.4, 0.5) is 5.69 Å². The zero-order valence-electron chi connectivity index (χ0n) is 12.6. The standard InChI is InChI=1S/C18H15N3O2/c1-23-15-5-6-17-16(9-15)13(11-20-17)8-18(22)21-14-4-2-3-12(7-14)10-19/h2-7,9,11,20H,8H2,1H3,(H,21,22). The third-order valence-corrected chi connectivity index (χ3v) is 3.60. The summed E-state index contributed by atoms with van der Waals surface area (Å²) in [5.74, 6) is 0.615. The minimum absolute atomic E-state index is 0.135. The predicted octanol–water partition coefficient (Wildman–Crippen LogP) is 3.23. The van der Waals surface area contributed by atoms with Crippen molar-refractivity contribution in [3.8, 4) is 11.8 Å². The smallest absolute Gasteiger partial charge is 0.228 e. The van der Waals surface area contributed by atoms with Crippen LogP contribution in [0, 0.1) is 11.3 Å². The van der Waals surface area contributed by atoms with Crippen LogP contribution in [0.15, 0.2) is 48.7 Å². The highest BCUT2D eigenvalue weighted by molar-refractivity contribution is 5.96. The normalized spacial score (nSPS) is 10.3. The van der Waals surface area contributed by atoms with E-state index in [1.54, 1.807) is 31.4 Å². The molecule has 0 aliphatic carbocycles. The molecule has 0 atom stereocenters. The summed E-state index contributed by atoms with van der Waals surface area (Å²) in [5, 5.41) is 12.7. The maximum atomic E-state index is 12.2. The number of H-pyrrole nitrogens is 1. The maximum absolute atomic E-state index is 12.2. The monoisotopic (exact) mass is 305 g/mol. The molecule has 3 rings (SSSR count). The van der Waals surface area contributed by atoms with E-state index in [-0.39, 0.29) is 12.3 Å². The van der Waals surface area contributed by atoms with Crippen LogP contribution in [0.2, 0.25) is 0 Å². The fourth-order valence-electron chi connectivity index (χ4n) is 2.48. The van der Waals surface area contributed by atoms with Gasteiger partial charge in [0.2, 0.25) is 5.91 Å². The number of methoxy groups -OCH3 is 1. The molecule has 5 heteroatoms. The number of carbonyl (C=O) groups is 1. The Labute approximate surface area is 133 Å². The highest BCUT2D eigenvalue weighted by Crippen LogP contribution is 2.24. The Kier molecular flexibility index (Phi) is 3.98. The van der Waals surface area contributed by atoms with Crippen LogP contribution in [0.25, 0.3) is 10.9 Å². The summed E-state index contributed by atoms with van der Waals surface area (Å²) < 4.78 is 5.23. The van der Waals surface area contributed by atoms with Gasteiger partial charge < -0.3 is 15.0 Å². The zero-order chi connectivity index (χ0) is 16.2. The second kappa shape index (κ2) is 6.24. The molecule has 0 aliphatic rings. The van der Waals surface area contributed by atoms with Crippen molar-refractivity contribution in [2.75, 3.05) is 12.4 Å². The topological polar surface area (TPSA) is 77.9 Å². The fraction of sp³-hybridized carbons (Fsp3) is 0.111. The molecule has 1 aromatic heterocycles. The van der Waals surface area contributed by atoms with E-state index in [9.17, 15) is 4.79 Å². The van der Waals surface area contributed by atoms with Gasteiger partial charge >= 0.3 is 0 Å². The number of carbonyl (C=O) groups excluding carboxylic acids is 1. The summed E-state index contributed by atoms with van der Waals surface area (Å²) in [4.78, 5) is 15.4. The first-order chi connectivity index (χ1) is 11.2. The van der Waals surface area contributed by atoms with Crippen LogP contribution < -0.4 is 10.1 Å². The number of nitrogens with zero attached hydrogens (tertiary/aromatic N) is 1. The van der Waals surface area contributed by atoms with Crippen molar-refractivity contribution < 1.29 is 9.53 Å². The Morgan fingerprint density at radius 1 is 1.30 bits per heavy atom. The Hall–Kier alpha value is -3.26. The SMILES string of the molecule is COc1ccc2[nH]cc(CC(=O)Nc3cccc(C#N)c3)c2c1. The largest absolute Gasteiger partial charge is 0.497 e. The molecular weight excluding hydrogens is 290 g/mol. The molecule has 23 heavy (non-hydrogen) atoms. The summed E-state index contributed by atoms with van der Waals surface area (Å²) in [6.07, 6.45) is 2.07. The summed E-state index contributed by atoms with van der Waals surface area (Å²) >= 11 is 0.